The van der Waals surface area contributed by atoms with E-state index in [9.17, 15) is 10.1 Å². The quantitative estimate of drug-likeness (QED) is 0.506. The molecule has 3 atom stereocenters. The fraction of sp³-hybridized carbons (Fsp3) is 0.222. The number of rotatable bonds is 2. The first-order chi connectivity index (χ1) is 10.7. The molecule has 0 saturated carbocycles. The number of hydrogen-bond donors (Lipinski definition) is 1. The Labute approximate surface area is 128 Å². The highest BCUT2D eigenvalue weighted by Crippen LogP contribution is 2.49. The number of nitrogens with one attached hydrogen (secondary N) is 1. The topological polar surface area (TPSA) is 55.2 Å². The summed E-state index contributed by atoms with van der Waals surface area (Å²) in [5, 5.41) is 14.4. The minimum atomic E-state index is -0.354. The van der Waals surface area contributed by atoms with Gasteiger partial charge in [0.15, 0.2) is 0 Å². The molecule has 0 aromatic heterocycles. The van der Waals surface area contributed by atoms with Crippen LogP contribution in [-0.2, 0) is 0 Å². The molecule has 2 aliphatic rings. The van der Waals surface area contributed by atoms with Crippen molar-refractivity contribution in [2.24, 2.45) is 5.92 Å². The summed E-state index contributed by atoms with van der Waals surface area (Å²) in [5.41, 5.74) is 3.76. The molecule has 22 heavy (non-hydrogen) atoms. The van der Waals surface area contributed by atoms with Crippen LogP contribution in [0.1, 0.15) is 29.5 Å². The Balaban J connectivity index is 1.72. The van der Waals surface area contributed by atoms with E-state index in [0.29, 0.717) is 11.8 Å². The monoisotopic (exact) mass is 292 g/mol. The van der Waals surface area contributed by atoms with E-state index in [2.05, 4.69) is 35.7 Å². The molecule has 0 bridgehead atoms. The maximum atomic E-state index is 10.8. The number of nitrogens with zero attached hydrogens (tertiary/aromatic N) is 1. The van der Waals surface area contributed by atoms with E-state index < -0.39 is 0 Å². The van der Waals surface area contributed by atoms with Gasteiger partial charge in [-0.1, -0.05) is 42.5 Å². The van der Waals surface area contributed by atoms with Crippen molar-refractivity contribution in [2.75, 3.05) is 5.32 Å². The zero-order valence-electron chi connectivity index (χ0n) is 12.0. The van der Waals surface area contributed by atoms with E-state index in [1.165, 1.54) is 11.3 Å². The van der Waals surface area contributed by atoms with E-state index in [1.807, 2.05) is 18.2 Å². The molecule has 0 fully saturated rings. The third-order valence-electron chi connectivity index (χ3n) is 4.74. The van der Waals surface area contributed by atoms with Crippen LogP contribution in [0, 0.1) is 16.0 Å². The van der Waals surface area contributed by atoms with Crippen molar-refractivity contribution >= 4 is 11.4 Å². The van der Waals surface area contributed by atoms with Crippen LogP contribution in [0.15, 0.2) is 60.7 Å². The van der Waals surface area contributed by atoms with Crippen molar-refractivity contribution in [1.82, 2.24) is 0 Å². The molecule has 4 heteroatoms. The van der Waals surface area contributed by atoms with Crippen LogP contribution in [0.4, 0.5) is 11.4 Å². The largest absolute Gasteiger partial charge is 0.378 e. The van der Waals surface area contributed by atoms with Gasteiger partial charge in [0.05, 0.1) is 11.0 Å². The zero-order valence-corrected chi connectivity index (χ0v) is 12.0. The van der Waals surface area contributed by atoms with Crippen LogP contribution in [0.3, 0.4) is 0 Å². The molecular formula is C18H16N2O2. The van der Waals surface area contributed by atoms with Crippen LogP contribution in [0.2, 0.25) is 0 Å². The number of fused-ring (bicyclic) bond motifs is 3. The SMILES string of the molecule is O=[N+]([O-])c1ccc([C@@H]2Nc3ccccc3[C@H]3C=CC[C@@H]32)cc1. The molecule has 4 rings (SSSR count). The van der Waals surface area contributed by atoms with Crippen molar-refractivity contribution in [3.8, 4) is 0 Å². The highest BCUT2D eigenvalue weighted by atomic mass is 16.6. The number of non-ortho nitro benzene ring substituents is 1. The Morgan fingerprint density at radius 1 is 1.09 bits per heavy atom. The predicted octanol–water partition coefficient (Wildman–Crippen LogP) is 4.42. The molecule has 110 valence electrons. The van der Waals surface area contributed by atoms with Gasteiger partial charge in [-0.2, -0.15) is 0 Å². The van der Waals surface area contributed by atoms with Crippen molar-refractivity contribution in [1.29, 1.82) is 0 Å². The van der Waals surface area contributed by atoms with E-state index in [4.69, 9.17) is 0 Å². The van der Waals surface area contributed by atoms with Gasteiger partial charge in [0.1, 0.15) is 0 Å². The molecule has 2 aromatic carbocycles. The third kappa shape index (κ3) is 1.99. The number of anilines is 1. The number of nitro benzene ring substituents is 1. The summed E-state index contributed by atoms with van der Waals surface area (Å²) >= 11 is 0. The first-order valence-electron chi connectivity index (χ1n) is 7.50. The van der Waals surface area contributed by atoms with Crippen LogP contribution in [0.25, 0.3) is 0 Å². The van der Waals surface area contributed by atoms with Gasteiger partial charge in [0, 0.05) is 23.7 Å². The lowest BCUT2D eigenvalue weighted by molar-refractivity contribution is -0.384. The molecule has 1 aliphatic carbocycles. The second-order valence-corrected chi connectivity index (χ2v) is 5.91. The Kier molecular flexibility index (Phi) is 2.96. The summed E-state index contributed by atoms with van der Waals surface area (Å²) in [7, 11) is 0. The second kappa shape index (κ2) is 4.98. The zero-order chi connectivity index (χ0) is 15.1. The molecule has 0 saturated heterocycles. The van der Waals surface area contributed by atoms with Crippen LogP contribution in [0.5, 0.6) is 0 Å². The Morgan fingerprint density at radius 2 is 1.86 bits per heavy atom. The van der Waals surface area contributed by atoms with Gasteiger partial charge in [-0.15, -0.1) is 0 Å². The molecule has 2 aromatic rings. The van der Waals surface area contributed by atoms with Gasteiger partial charge >= 0.3 is 0 Å². The summed E-state index contributed by atoms with van der Waals surface area (Å²) in [5.74, 6) is 0.897. The lowest BCUT2D eigenvalue weighted by atomic mass is 9.77. The lowest BCUT2D eigenvalue weighted by Crippen LogP contribution is -2.28. The van der Waals surface area contributed by atoms with Gasteiger partial charge in [-0.3, -0.25) is 10.1 Å². The second-order valence-electron chi connectivity index (χ2n) is 5.91. The minimum Gasteiger partial charge on any atom is -0.378 e. The van der Waals surface area contributed by atoms with Gasteiger partial charge < -0.3 is 5.32 Å². The van der Waals surface area contributed by atoms with Gasteiger partial charge in [-0.25, -0.2) is 0 Å². The maximum Gasteiger partial charge on any atom is 0.269 e. The van der Waals surface area contributed by atoms with Gasteiger partial charge in [0.2, 0.25) is 0 Å². The van der Waals surface area contributed by atoms with Crippen LogP contribution < -0.4 is 5.32 Å². The summed E-state index contributed by atoms with van der Waals surface area (Å²) in [4.78, 5) is 10.5. The van der Waals surface area contributed by atoms with Gasteiger partial charge in [-0.05, 0) is 29.5 Å². The van der Waals surface area contributed by atoms with E-state index in [1.54, 1.807) is 12.1 Å². The fourth-order valence-corrected chi connectivity index (χ4v) is 3.68. The normalized spacial score (nSPS) is 25.2. The van der Waals surface area contributed by atoms with E-state index >= 15 is 0 Å². The molecule has 0 amide bonds. The van der Waals surface area contributed by atoms with E-state index in [-0.39, 0.29) is 16.7 Å². The predicted molar refractivity (Wildman–Crippen MR) is 85.9 cm³/mol. The minimum absolute atomic E-state index is 0.140. The third-order valence-corrected chi connectivity index (χ3v) is 4.74. The molecular weight excluding hydrogens is 276 g/mol. The summed E-state index contributed by atoms with van der Waals surface area (Å²) < 4.78 is 0. The number of allylic oxidation sites excluding steroid dienone is 2. The average molecular weight is 292 g/mol. The fourth-order valence-electron chi connectivity index (χ4n) is 3.68. The Hall–Kier alpha value is -2.62. The van der Waals surface area contributed by atoms with Crippen LogP contribution in [-0.4, -0.2) is 4.92 Å². The van der Waals surface area contributed by atoms with Crippen molar-refractivity contribution in [2.45, 2.75) is 18.4 Å². The smallest absolute Gasteiger partial charge is 0.269 e. The first kappa shape index (κ1) is 13.1. The number of para-hydroxylation sites is 1. The standard InChI is InChI=1S/C18H16N2O2/c21-20(22)13-10-8-12(9-11-13)18-16-6-3-5-14(16)15-4-1-2-7-17(15)19-18/h1-5,7-11,14,16,18-19H,6H2/t14-,16+,18+/m1/s1. The lowest BCUT2D eigenvalue weighted by Gasteiger charge is -2.37. The Morgan fingerprint density at radius 3 is 2.64 bits per heavy atom. The van der Waals surface area contributed by atoms with E-state index in [0.717, 1.165) is 12.0 Å². The number of hydrogen-bond acceptors (Lipinski definition) is 3. The summed E-state index contributed by atoms with van der Waals surface area (Å²) in [6.07, 6.45) is 5.58. The van der Waals surface area contributed by atoms with Crippen molar-refractivity contribution < 1.29 is 4.92 Å². The van der Waals surface area contributed by atoms with Crippen molar-refractivity contribution in [3.05, 3.63) is 81.9 Å². The highest BCUT2D eigenvalue weighted by molar-refractivity contribution is 5.59. The molecule has 1 aliphatic heterocycles. The first-order valence-corrected chi connectivity index (χ1v) is 7.50. The average Bonchev–Trinajstić information content (AvgIpc) is 3.04. The molecule has 4 nitrogen and oxygen atoms in total. The van der Waals surface area contributed by atoms with Crippen LogP contribution >= 0.6 is 0 Å². The summed E-state index contributed by atoms with van der Waals surface area (Å²) in [6, 6.07) is 15.5. The molecule has 1 heterocycles. The molecule has 0 unspecified atom stereocenters. The maximum absolute atomic E-state index is 10.8. The molecule has 1 N–H and O–H groups in total. The van der Waals surface area contributed by atoms with Crippen molar-refractivity contribution in [3.63, 3.8) is 0 Å². The molecule has 0 spiro atoms. The molecule has 0 radical (unpaired) electrons. The summed E-state index contributed by atoms with van der Waals surface area (Å²) in [6.45, 7) is 0. The Bertz CT molecular complexity index is 752. The number of nitro groups is 1. The van der Waals surface area contributed by atoms with Gasteiger partial charge in [0.25, 0.3) is 5.69 Å². The highest BCUT2D eigenvalue weighted by Gasteiger charge is 2.37. The number of benzene rings is 2.